The van der Waals surface area contributed by atoms with Crippen molar-refractivity contribution in [1.29, 1.82) is 0 Å². The number of ether oxygens (including phenoxy) is 1. The minimum absolute atomic E-state index is 0.338. The molecule has 3 aromatic carbocycles. The van der Waals surface area contributed by atoms with Crippen molar-refractivity contribution in [2.45, 2.75) is 39.5 Å². The number of aromatic amines is 1. The number of para-hydroxylation sites is 1. The number of nitrogens with zero attached hydrogens (tertiary/aromatic N) is 7. The van der Waals surface area contributed by atoms with Crippen molar-refractivity contribution < 1.29 is 4.74 Å². The quantitative estimate of drug-likeness (QED) is 0.278. The highest BCUT2D eigenvalue weighted by molar-refractivity contribution is 5.80. The highest BCUT2D eigenvalue weighted by atomic mass is 16.5. The summed E-state index contributed by atoms with van der Waals surface area (Å²) < 4.78 is 10.0. The summed E-state index contributed by atoms with van der Waals surface area (Å²) in [5.41, 5.74) is 4.27. The molecule has 6 aromatic rings. The average Bonchev–Trinajstić information content (AvgIpc) is 3.67. The molecule has 0 saturated carbocycles. The second-order valence-electron chi connectivity index (χ2n) is 9.99. The van der Waals surface area contributed by atoms with Gasteiger partial charge in [0.05, 0.1) is 5.69 Å². The fourth-order valence-electron chi connectivity index (χ4n) is 5.26. The van der Waals surface area contributed by atoms with Crippen LogP contribution < -0.4 is 11.2 Å². The summed E-state index contributed by atoms with van der Waals surface area (Å²) in [7, 11) is 1.48. The molecule has 0 aliphatic heterocycles. The molecule has 11 nitrogen and oxygen atoms in total. The molecule has 0 aliphatic carbocycles. The van der Waals surface area contributed by atoms with Gasteiger partial charge < -0.3 is 9.30 Å². The molecular formula is C31H30N8O3. The van der Waals surface area contributed by atoms with Gasteiger partial charge in [0, 0.05) is 25.6 Å². The van der Waals surface area contributed by atoms with Crippen LogP contribution in [0.5, 0.6) is 0 Å². The fraction of sp³-hybridized carbons (Fsp3) is 0.226. The first-order valence-electron chi connectivity index (χ1n) is 13.8. The molecule has 0 fully saturated rings. The predicted octanol–water partition coefficient (Wildman–Crippen LogP) is 4.36. The first-order chi connectivity index (χ1) is 20.5. The second kappa shape index (κ2) is 11.4. The average molecular weight is 563 g/mol. The number of benzene rings is 3. The first-order valence-corrected chi connectivity index (χ1v) is 13.8. The van der Waals surface area contributed by atoms with E-state index in [4.69, 9.17) is 9.72 Å². The van der Waals surface area contributed by atoms with Crippen molar-refractivity contribution in [3.05, 3.63) is 111 Å². The van der Waals surface area contributed by atoms with Gasteiger partial charge in [0.2, 0.25) is 0 Å². The number of tetrazole rings is 1. The topological polar surface area (TPSA) is 126 Å². The van der Waals surface area contributed by atoms with Gasteiger partial charge in [-0.15, -0.1) is 5.10 Å². The van der Waals surface area contributed by atoms with Crippen LogP contribution in [0.1, 0.15) is 37.9 Å². The predicted molar refractivity (Wildman–Crippen MR) is 159 cm³/mol. The lowest BCUT2D eigenvalue weighted by Gasteiger charge is -2.17. The Labute approximate surface area is 241 Å². The summed E-state index contributed by atoms with van der Waals surface area (Å²) in [5.74, 6) is 1.33. The minimum atomic E-state index is -0.763. The van der Waals surface area contributed by atoms with E-state index in [-0.39, 0.29) is 0 Å². The molecule has 0 amide bonds. The van der Waals surface area contributed by atoms with Gasteiger partial charge in [-0.1, -0.05) is 73.7 Å². The molecule has 0 bridgehead atoms. The lowest BCUT2D eigenvalue weighted by molar-refractivity contribution is 0.0536. The van der Waals surface area contributed by atoms with Gasteiger partial charge in [0.15, 0.2) is 17.0 Å². The molecule has 1 unspecified atom stereocenters. The largest absolute Gasteiger partial charge is 0.361 e. The van der Waals surface area contributed by atoms with Crippen LogP contribution >= 0.6 is 0 Å². The number of methoxy groups -OCH3 is 1. The van der Waals surface area contributed by atoms with E-state index in [0.717, 1.165) is 39.1 Å². The first kappa shape index (κ1) is 27.0. The van der Waals surface area contributed by atoms with Crippen LogP contribution in [0.15, 0.2) is 88.5 Å². The van der Waals surface area contributed by atoms with Crippen molar-refractivity contribution in [3.8, 4) is 28.2 Å². The lowest BCUT2D eigenvalue weighted by Crippen LogP contribution is -2.42. The number of fused-ring (bicyclic) bond motifs is 1. The number of H-pyrrole nitrogens is 1. The lowest BCUT2D eigenvalue weighted by atomic mass is 9.98. The van der Waals surface area contributed by atoms with Crippen LogP contribution in [0.4, 0.5) is 0 Å². The summed E-state index contributed by atoms with van der Waals surface area (Å²) in [5, 5.41) is 14.3. The number of aryl methyl sites for hydroxylation is 1. The third kappa shape index (κ3) is 4.73. The van der Waals surface area contributed by atoms with Crippen LogP contribution in [0, 0.1) is 0 Å². The highest BCUT2D eigenvalue weighted by Crippen LogP contribution is 2.30. The number of imidazole rings is 1. The maximum Gasteiger partial charge on any atom is 0.339 e. The molecule has 3 aromatic heterocycles. The molecule has 1 N–H and O–H groups in total. The van der Waals surface area contributed by atoms with Crippen LogP contribution in [0.2, 0.25) is 0 Å². The van der Waals surface area contributed by atoms with E-state index in [9.17, 15) is 9.59 Å². The number of nitrogens with one attached hydrogen (secondary N) is 1. The van der Waals surface area contributed by atoms with Gasteiger partial charge >= 0.3 is 5.69 Å². The Morgan fingerprint density at radius 3 is 2.31 bits per heavy atom. The van der Waals surface area contributed by atoms with Gasteiger partial charge in [-0.3, -0.25) is 4.79 Å². The number of hydrogen-bond donors (Lipinski definition) is 1. The molecule has 0 aliphatic rings. The zero-order valence-corrected chi connectivity index (χ0v) is 23.6. The molecule has 0 saturated heterocycles. The smallest absolute Gasteiger partial charge is 0.339 e. The number of hydrogen-bond acceptors (Lipinski definition) is 7. The molecule has 42 heavy (non-hydrogen) atoms. The molecule has 3 heterocycles. The highest BCUT2D eigenvalue weighted by Gasteiger charge is 2.24. The van der Waals surface area contributed by atoms with Gasteiger partial charge in [0.1, 0.15) is 12.1 Å². The van der Waals surface area contributed by atoms with Gasteiger partial charge in [-0.05, 0) is 52.6 Å². The third-order valence-corrected chi connectivity index (χ3v) is 7.38. The maximum absolute atomic E-state index is 13.9. The monoisotopic (exact) mass is 562 g/mol. The standard InChI is InChI=1S/C31H30N8O3/c1-4-10-26-32-29-27(30(40)38(20(2)42-3)31(41)39(29)23-11-6-5-7-12-23)37(26)19-21-15-17-22(18-16-21)24-13-8-9-14-25(24)28-33-35-36-34-28/h5-9,11-18,20H,4,10,19H2,1-3H3,(H,33,34,35,36). The second-order valence-corrected chi connectivity index (χ2v) is 9.99. The molecule has 1 atom stereocenters. The SMILES string of the molecule is CCCc1nc2c(c(=O)n(C(C)OC)c(=O)n2-c2ccccc2)n1Cc1ccc(-c2ccccc2-c2nnn[nH]2)cc1. The van der Waals surface area contributed by atoms with Crippen molar-refractivity contribution >= 4 is 11.2 Å². The van der Waals surface area contributed by atoms with E-state index in [0.29, 0.717) is 35.6 Å². The maximum atomic E-state index is 13.9. The summed E-state index contributed by atoms with van der Waals surface area (Å²) >= 11 is 0. The van der Waals surface area contributed by atoms with Gasteiger partial charge in [-0.2, -0.15) is 0 Å². The Morgan fingerprint density at radius 1 is 0.929 bits per heavy atom. The van der Waals surface area contributed by atoms with Crippen LogP contribution in [-0.4, -0.2) is 46.4 Å². The third-order valence-electron chi connectivity index (χ3n) is 7.38. The Balaban J connectivity index is 1.49. The molecule has 0 spiro atoms. The van der Waals surface area contributed by atoms with Gasteiger partial charge in [0.25, 0.3) is 5.56 Å². The Hall–Kier alpha value is -5.16. The number of rotatable bonds is 9. The van der Waals surface area contributed by atoms with Crippen LogP contribution in [0.25, 0.3) is 39.4 Å². The summed E-state index contributed by atoms with van der Waals surface area (Å²) in [4.78, 5) is 32.5. The van der Waals surface area contributed by atoms with E-state index in [2.05, 4.69) is 27.5 Å². The van der Waals surface area contributed by atoms with Crippen LogP contribution in [-0.2, 0) is 17.7 Å². The Bertz CT molecular complexity index is 1960. The van der Waals surface area contributed by atoms with E-state index < -0.39 is 17.5 Å². The zero-order chi connectivity index (χ0) is 29.2. The molecular weight excluding hydrogens is 532 g/mol. The molecule has 0 radical (unpaired) electrons. The van der Waals surface area contributed by atoms with Crippen molar-refractivity contribution in [2.75, 3.05) is 7.11 Å². The normalized spacial score (nSPS) is 12.2. The van der Waals surface area contributed by atoms with Crippen molar-refractivity contribution in [1.82, 2.24) is 39.3 Å². The molecule has 212 valence electrons. The van der Waals surface area contributed by atoms with E-state index in [1.165, 1.54) is 11.7 Å². The van der Waals surface area contributed by atoms with E-state index >= 15 is 0 Å². The van der Waals surface area contributed by atoms with E-state index in [1.54, 1.807) is 6.92 Å². The Morgan fingerprint density at radius 2 is 1.64 bits per heavy atom. The van der Waals surface area contributed by atoms with Crippen LogP contribution in [0.3, 0.4) is 0 Å². The Kier molecular flexibility index (Phi) is 7.32. The summed E-state index contributed by atoms with van der Waals surface area (Å²) in [6.07, 6.45) is 0.711. The number of aromatic nitrogens is 8. The van der Waals surface area contributed by atoms with Gasteiger partial charge in [-0.25, -0.2) is 24.0 Å². The van der Waals surface area contributed by atoms with Crippen molar-refractivity contribution in [2.24, 2.45) is 0 Å². The fourth-order valence-corrected chi connectivity index (χ4v) is 5.26. The summed E-state index contributed by atoms with van der Waals surface area (Å²) in [6.45, 7) is 4.15. The molecule has 6 rings (SSSR count). The zero-order valence-electron chi connectivity index (χ0n) is 23.6. The molecule has 11 heteroatoms. The minimum Gasteiger partial charge on any atom is -0.361 e. The summed E-state index contributed by atoms with van der Waals surface area (Å²) in [6, 6.07) is 25.3. The van der Waals surface area contributed by atoms with Crippen molar-refractivity contribution in [3.63, 3.8) is 0 Å². The van der Waals surface area contributed by atoms with E-state index in [1.807, 2.05) is 83.4 Å².